The van der Waals surface area contributed by atoms with E-state index in [4.69, 9.17) is 0 Å². The number of aromatic hydroxyl groups is 1. The lowest BCUT2D eigenvalue weighted by atomic mass is 9.93. The highest BCUT2D eigenvalue weighted by Gasteiger charge is 2.46. The molecule has 37 heavy (non-hydrogen) atoms. The van der Waals surface area contributed by atoms with Crippen molar-refractivity contribution in [2.24, 2.45) is 0 Å². The zero-order valence-electron chi connectivity index (χ0n) is 19.2. The molecule has 1 aliphatic rings. The molecule has 4 aromatic rings. The molecule has 0 aromatic heterocycles. The van der Waals surface area contributed by atoms with E-state index >= 15 is 0 Å². The summed E-state index contributed by atoms with van der Waals surface area (Å²) in [6.07, 6.45) is -4.57. The van der Waals surface area contributed by atoms with Crippen LogP contribution in [-0.2, 0) is 22.3 Å². The number of aliphatic hydroxyl groups excluding tert-OH is 1. The molecule has 5 nitrogen and oxygen atoms in total. The molecule has 0 aliphatic carbocycles. The molecular formula is C29H20F3NO4. The van der Waals surface area contributed by atoms with Crippen LogP contribution in [0.2, 0.25) is 0 Å². The van der Waals surface area contributed by atoms with Gasteiger partial charge in [-0.1, -0.05) is 66.7 Å². The van der Waals surface area contributed by atoms with Crippen molar-refractivity contribution in [1.29, 1.82) is 0 Å². The Balaban J connectivity index is 1.67. The van der Waals surface area contributed by atoms with Crippen LogP contribution < -0.4 is 0 Å². The molecule has 1 fully saturated rings. The number of carbonyl (C=O) groups excluding carboxylic acids is 2. The Labute approximate surface area is 209 Å². The predicted molar refractivity (Wildman–Crippen MR) is 131 cm³/mol. The van der Waals surface area contributed by atoms with Gasteiger partial charge in [0.15, 0.2) is 0 Å². The third kappa shape index (κ3) is 4.42. The lowest BCUT2D eigenvalue weighted by molar-refractivity contribution is -0.140. The average Bonchev–Trinajstić information content (AvgIpc) is 3.13. The maximum absolute atomic E-state index is 13.3. The number of hydrogen-bond acceptors (Lipinski definition) is 4. The summed E-state index contributed by atoms with van der Waals surface area (Å²) < 4.78 is 39.9. The van der Waals surface area contributed by atoms with Gasteiger partial charge < -0.3 is 15.1 Å². The summed E-state index contributed by atoms with van der Waals surface area (Å²) in [4.78, 5) is 27.6. The Morgan fingerprint density at radius 2 is 1.54 bits per heavy atom. The summed E-state index contributed by atoms with van der Waals surface area (Å²) in [5.74, 6) is -2.33. The first-order valence-corrected chi connectivity index (χ1v) is 11.4. The van der Waals surface area contributed by atoms with Gasteiger partial charge in [-0.25, -0.2) is 0 Å². The highest BCUT2D eigenvalue weighted by Crippen LogP contribution is 2.42. The first kappa shape index (κ1) is 24.1. The maximum Gasteiger partial charge on any atom is 0.416 e. The van der Waals surface area contributed by atoms with Gasteiger partial charge in [0.25, 0.3) is 11.7 Å². The average molecular weight is 503 g/mol. The van der Waals surface area contributed by atoms with Gasteiger partial charge in [0, 0.05) is 12.1 Å². The SMILES string of the molecule is O=C1C(=O)N(Cc2cccc(C(F)(F)F)c2)C(c2ccc(O)cc2)/C1=C(/O)c1cccc2ccccc12. The van der Waals surface area contributed by atoms with Crippen molar-refractivity contribution >= 4 is 28.2 Å². The second-order valence-electron chi connectivity index (χ2n) is 8.74. The molecule has 5 rings (SSSR count). The zero-order chi connectivity index (χ0) is 26.3. The fourth-order valence-corrected chi connectivity index (χ4v) is 4.67. The summed E-state index contributed by atoms with van der Waals surface area (Å²) in [5, 5.41) is 22.7. The van der Waals surface area contributed by atoms with Crippen LogP contribution in [0.1, 0.15) is 28.3 Å². The molecular weight excluding hydrogens is 483 g/mol. The first-order valence-electron chi connectivity index (χ1n) is 11.4. The minimum Gasteiger partial charge on any atom is -0.508 e. The molecule has 1 aliphatic heterocycles. The lowest BCUT2D eigenvalue weighted by Crippen LogP contribution is -2.29. The number of ketones is 1. The van der Waals surface area contributed by atoms with Crippen molar-refractivity contribution in [2.45, 2.75) is 18.8 Å². The summed E-state index contributed by atoms with van der Waals surface area (Å²) in [6.45, 7) is -0.299. The molecule has 1 saturated heterocycles. The molecule has 186 valence electrons. The summed E-state index contributed by atoms with van der Waals surface area (Å²) in [5.41, 5.74) is -0.132. The van der Waals surface area contributed by atoms with E-state index in [-0.39, 0.29) is 29.2 Å². The number of alkyl halides is 3. The molecule has 0 radical (unpaired) electrons. The van der Waals surface area contributed by atoms with Gasteiger partial charge in [-0.3, -0.25) is 9.59 Å². The van der Waals surface area contributed by atoms with E-state index < -0.39 is 29.5 Å². The molecule has 2 N–H and O–H groups in total. The van der Waals surface area contributed by atoms with E-state index in [0.29, 0.717) is 16.5 Å². The smallest absolute Gasteiger partial charge is 0.416 e. The number of aliphatic hydroxyl groups is 1. The number of Topliss-reactive ketones (excluding diaryl/α,β-unsaturated/α-hetero) is 1. The molecule has 1 atom stereocenters. The van der Waals surface area contributed by atoms with Crippen LogP contribution >= 0.6 is 0 Å². The van der Waals surface area contributed by atoms with E-state index in [2.05, 4.69) is 0 Å². The summed E-state index contributed by atoms with van der Waals surface area (Å²) in [7, 11) is 0. The van der Waals surface area contributed by atoms with Crippen LogP contribution in [-0.4, -0.2) is 26.8 Å². The molecule has 8 heteroatoms. The number of carbonyl (C=O) groups is 2. The maximum atomic E-state index is 13.3. The Morgan fingerprint density at radius 1 is 0.865 bits per heavy atom. The van der Waals surface area contributed by atoms with Gasteiger partial charge in [-0.15, -0.1) is 0 Å². The van der Waals surface area contributed by atoms with E-state index in [0.717, 1.165) is 22.4 Å². The van der Waals surface area contributed by atoms with Crippen LogP contribution in [0.4, 0.5) is 13.2 Å². The van der Waals surface area contributed by atoms with Crippen molar-refractivity contribution in [2.75, 3.05) is 0 Å². The van der Waals surface area contributed by atoms with Crippen molar-refractivity contribution in [1.82, 2.24) is 4.90 Å². The number of likely N-dealkylation sites (tertiary alicyclic amines) is 1. The van der Waals surface area contributed by atoms with Crippen LogP contribution in [0.5, 0.6) is 5.75 Å². The molecule has 4 aromatic carbocycles. The van der Waals surface area contributed by atoms with Gasteiger partial charge >= 0.3 is 6.18 Å². The first-order chi connectivity index (χ1) is 17.6. The molecule has 0 saturated carbocycles. The van der Waals surface area contributed by atoms with E-state index in [1.165, 1.54) is 36.4 Å². The Morgan fingerprint density at radius 3 is 2.27 bits per heavy atom. The van der Waals surface area contributed by atoms with E-state index in [1.54, 1.807) is 24.3 Å². The van der Waals surface area contributed by atoms with Gasteiger partial charge in [0.2, 0.25) is 0 Å². The number of fused-ring (bicyclic) bond motifs is 1. The normalized spacial score (nSPS) is 17.5. The van der Waals surface area contributed by atoms with Crippen molar-refractivity contribution < 1.29 is 33.0 Å². The minimum atomic E-state index is -4.57. The molecule has 1 heterocycles. The predicted octanol–water partition coefficient (Wildman–Crippen LogP) is 6.19. The van der Waals surface area contributed by atoms with Crippen LogP contribution in [0.15, 0.2) is 96.6 Å². The topological polar surface area (TPSA) is 77.8 Å². The molecule has 0 spiro atoms. The number of hydrogen-bond donors (Lipinski definition) is 2. The largest absolute Gasteiger partial charge is 0.508 e. The fraction of sp³-hybridized carbons (Fsp3) is 0.103. The third-order valence-corrected chi connectivity index (χ3v) is 6.40. The van der Waals surface area contributed by atoms with Crippen LogP contribution in [0, 0.1) is 0 Å². The highest BCUT2D eigenvalue weighted by molar-refractivity contribution is 6.46. The van der Waals surface area contributed by atoms with Crippen LogP contribution in [0.25, 0.3) is 16.5 Å². The summed E-state index contributed by atoms with van der Waals surface area (Å²) >= 11 is 0. The van der Waals surface area contributed by atoms with Crippen LogP contribution in [0.3, 0.4) is 0 Å². The van der Waals surface area contributed by atoms with Gasteiger partial charge in [0.1, 0.15) is 11.5 Å². The third-order valence-electron chi connectivity index (χ3n) is 6.40. The monoisotopic (exact) mass is 503 g/mol. The second kappa shape index (κ2) is 9.13. The van der Waals surface area contributed by atoms with Crippen molar-refractivity contribution in [3.63, 3.8) is 0 Å². The Bertz CT molecular complexity index is 1550. The number of benzene rings is 4. The standard InChI is InChI=1S/C29H20F3NO4/c30-29(31,32)20-8-3-5-17(15-20)16-33-25(19-11-13-21(34)14-12-19)24(27(36)28(33)37)26(35)23-10-4-7-18-6-1-2-9-22(18)23/h1-15,25,34-35H,16H2/b26-24-. The zero-order valence-corrected chi connectivity index (χ0v) is 19.2. The number of phenols is 1. The number of nitrogens with zero attached hydrogens (tertiary/aromatic N) is 1. The number of rotatable bonds is 4. The molecule has 1 amide bonds. The number of phenolic OH excluding ortho intramolecular Hbond substituents is 1. The van der Waals surface area contributed by atoms with Gasteiger partial charge in [-0.05, 0) is 46.2 Å². The molecule has 1 unspecified atom stereocenters. The fourth-order valence-electron chi connectivity index (χ4n) is 4.67. The van der Waals surface area contributed by atoms with Crippen molar-refractivity contribution in [3.8, 4) is 5.75 Å². The lowest BCUT2D eigenvalue weighted by Gasteiger charge is -2.26. The van der Waals surface area contributed by atoms with E-state index in [9.17, 15) is 33.0 Å². The van der Waals surface area contributed by atoms with Gasteiger partial charge in [0.05, 0.1) is 17.2 Å². The van der Waals surface area contributed by atoms with Gasteiger partial charge in [-0.2, -0.15) is 13.2 Å². The molecule has 0 bridgehead atoms. The van der Waals surface area contributed by atoms with Crippen molar-refractivity contribution in [3.05, 3.63) is 119 Å². The Hall–Kier alpha value is -4.59. The minimum absolute atomic E-state index is 0.0485. The Kier molecular flexibility index (Phi) is 5.95. The summed E-state index contributed by atoms with van der Waals surface area (Å²) in [6, 6.07) is 21.6. The quantitative estimate of drug-likeness (QED) is 0.198. The second-order valence-corrected chi connectivity index (χ2v) is 8.74. The number of halogens is 3. The van der Waals surface area contributed by atoms with E-state index in [1.807, 2.05) is 18.2 Å². The highest BCUT2D eigenvalue weighted by atomic mass is 19.4. The number of amides is 1.